The van der Waals surface area contributed by atoms with E-state index in [-0.39, 0.29) is 12.6 Å². The van der Waals surface area contributed by atoms with Crippen LogP contribution in [0.15, 0.2) is 48.5 Å². The van der Waals surface area contributed by atoms with E-state index >= 15 is 0 Å². The molecule has 27 heavy (non-hydrogen) atoms. The molecule has 3 N–H and O–H groups in total. The van der Waals surface area contributed by atoms with E-state index in [0.717, 1.165) is 5.56 Å². The van der Waals surface area contributed by atoms with Gasteiger partial charge in [0.2, 0.25) is 0 Å². The van der Waals surface area contributed by atoms with Crippen LogP contribution in [0.3, 0.4) is 0 Å². The molecule has 0 spiro atoms. The molecule has 2 amide bonds. The molecule has 0 unspecified atom stereocenters. The third kappa shape index (κ3) is 4.99. The summed E-state index contributed by atoms with van der Waals surface area (Å²) < 4.78 is 5.95. The Balaban J connectivity index is 1.69. The lowest BCUT2D eigenvalue weighted by Crippen LogP contribution is -2.38. The van der Waals surface area contributed by atoms with E-state index in [9.17, 15) is 15.0 Å². The number of ether oxygens (including phenoxy) is 1. The van der Waals surface area contributed by atoms with E-state index in [1.165, 1.54) is 0 Å². The predicted octanol–water partition coefficient (Wildman–Crippen LogP) is 3.53. The van der Waals surface area contributed by atoms with Crippen molar-refractivity contribution >= 4 is 11.7 Å². The van der Waals surface area contributed by atoms with E-state index in [4.69, 9.17) is 4.74 Å². The first-order chi connectivity index (χ1) is 13.0. The number of nitrogens with zero attached hydrogens (tertiary/aromatic N) is 1. The molecular weight excluding hydrogens is 344 g/mol. The van der Waals surface area contributed by atoms with Gasteiger partial charge in [0.05, 0.1) is 17.9 Å². The van der Waals surface area contributed by atoms with E-state index in [2.05, 4.69) is 5.32 Å². The van der Waals surface area contributed by atoms with Gasteiger partial charge in [-0.05, 0) is 56.0 Å². The molecule has 6 nitrogen and oxygen atoms in total. The first-order valence-corrected chi connectivity index (χ1v) is 9.22. The Morgan fingerprint density at radius 3 is 2.78 bits per heavy atom. The second-order valence-electron chi connectivity index (χ2n) is 7.07. The fourth-order valence-corrected chi connectivity index (χ4v) is 3.20. The summed E-state index contributed by atoms with van der Waals surface area (Å²) in [4.78, 5) is 14.4. The minimum atomic E-state index is -1.10. The molecule has 2 aromatic carbocycles. The molecule has 1 heterocycles. The molecule has 1 fully saturated rings. The molecule has 1 atom stereocenters. The van der Waals surface area contributed by atoms with Crippen molar-refractivity contribution in [3.63, 3.8) is 0 Å². The van der Waals surface area contributed by atoms with Crippen molar-refractivity contribution in [2.75, 3.05) is 25.0 Å². The van der Waals surface area contributed by atoms with Crippen LogP contribution in [0.1, 0.15) is 24.8 Å². The highest BCUT2D eigenvalue weighted by Crippen LogP contribution is 2.30. The van der Waals surface area contributed by atoms with Crippen LogP contribution < -0.4 is 10.1 Å². The van der Waals surface area contributed by atoms with Crippen LogP contribution in [0.4, 0.5) is 10.5 Å². The SMILES string of the molecule is Cc1cccc(Oc2ccccc2NC(=O)N2CCC[C@](O)(CO)CC2)c1. The Morgan fingerprint density at radius 2 is 2.00 bits per heavy atom. The molecule has 1 saturated heterocycles. The van der Waals surface area contributed by atoms with Gasteiger partial charge in [-0.1, -0.05) is 24.3 Å². The molecule has 1 aliphatic rings. The monoisotopic (exact) mass is 370 g/mol. The maximum absolute atomic E-state index is 12.7. The van der Waals surface area contributed by atoms with E-state index < -0.39 is 5.60 Å². The molecule has 6 heteroatoms. The number of nitrogens with one attached hydrogen (secondary N) is 1. The number of hydrogen-bond donors (Lipinski definition) is 3. The average Bonchev–Trinajstić information content (AvgIpc) is 2.86. The first-order valence-electron chi connectivity index (χ1n) is 9.22. The predicted molar refractivity (Wildman–Crippen MR) is 104 cm³/mol. The summed E-state index contributed by atoms with van der Waals surface area (Å²) in [7, 11) is 0. The van der Waals surface area contributed by atoms with Crippen molar-refractivity contribution in [1.82, 2.24) is 4.90 Å². The summed E-state index contributed by atoms with van der Waals surface area (Å²) in [5, 5.41) is 22.5. The molecule has 1 aliphatic heterocycles. The van der Waals surface area contributed by atoms with Crippen molar-refractivity contribution in [2.45, 2.75) is 31.8 Å². The van der Waals surface area contributed by atoms with Gasteiger partial charge < -0.3 is 25.2 Å². The van der Waals surface area contributed by atoms with E-state index in [1.54, 1.807) is 11.0 Å². The van der Waals surface area contributed by atoms with Gasteiger partial charge in [-0.3, -0.25) is 0 Å². The third-order valence-electron chi connectivity index (χ3n) is 4.84. The maximum Gasteiger partial charge on any atom is 0.321 e. The highest BCUT2D eigenvalue weighted by Gasteiger charge is 2.31. The number of urea groups is 1. The van der Waals surface area contributed by atoms with Gasteiger partial charge >= 0.3 is 6.03 Å². The minimum absolute atomic E-state index is 0.238. The van der Waals surface area contributed by atoms with E-state index in [1.807, 2.05) is 49.4 Å². The number of aryl methyl sites for hydroxylation is 1. The summed E-state index contributed by atoms with van der Waals surface area (Å²) in [5.41, 5.74) is 0.585. The Morgan fingerprint density at radius 1 is 1.19 bits per heavy atom. The van der Waals surface area contributed by atoms with Crippen LogP contribution in [0.25, 0.3) is 0 Å². The smallest absolute Gasteiger partial charge is 0.321 e. The van der Waals surface area contributed by atoms with Crippen LogP contribution in [-0.4, -0.2) is 46.4 Å². The summed E-state index contributed by atoms with van der Waals surface area (Å²) in [6, 6.07) is 14.8. The second kappa shape index (κ2) is 8.41. The standard InChI is InChI=1S/C21H26N2O4/c1-16-6-4-7-17(14-16)27-19-9-3-2-8-18(19)22-20(25)23-12-5-10-21(26,15-24)11-13-23/h2-4,6-9,14,24,26H,5,10-13,15H2,1H3,(H,22,25)/t21-/m1/s1. The van der Waals surface area contributed by atoms with Crippen molar-refractivity contribution in [3.8, 4) is 11.5 Å². The van der Waals surface area contributed by atoms with Gasteiger partial charge in [0.25, 0.3) is 0 Å². The fourth-order valence-electron chi connectivity index (χ4n) is 3.20. The molecule has 0 radical (unpaired) electrons. The van der Waals surface area contributed by atoms with Gasteiger partial charge in [0.15, 0.2) is 5.75 Å². The fraction of sp³-hybridized carbons (Fsp3) is 0.381. The Hall–Kier alpha value is -2.57. The Labute approximate surface area is 159 Å². The Kier molecular flexibility index (Phi) is 5.98. The first kappa shape index (κ1) is 19.2. The zero-order valence-electron chi connectivity index (χ0n) is 15.5. The lowest BCUT2D eigenvalue weighted by Gasteiger charge is -2.24. The van der Waals surface area contributed by atoms with Crippen LogP contribution >= 0.6 is 0 Å². The lowest BCUT2D eigenvalue weighted by atomic mass is 9.96. The van der Waals surface area contributed by atoms with E-state index in [0.29, 0.717) is 49.5 Å². The van der Waals surface area contributed by atoms with Gasteiger partial charge in [0, 0.05) is 13.1 Å². The van der Waals surface area contributed by atoms with Gasteiger partial charge in [-0.25, -0.2) is 4.79 Å². The number of anilines is 1. The number of para-hydroxylation sites is 2. The van der Waals surface area contributed by atoms with Crippen LogP contribution in [0.5, 0.6) is 11.5 Å². The largest absolute Gasteiger partial charge is 0.455 e. The number of likely N-dealkylation sites (tertiary alicyclic amines) is 1. The zero-order chi connectivity index (χ0) is 19.3. The number of benzene rings is 2. The maximum atomic E-state index is 12.7. The van der Waals surface area contributed by atoms with Crippen molar-refractivity contribution < 1.29 is 19.7 Å². The van der Waals surface area contributed by atoms with Crippen LogP contribution in [-0.2, 0) is 0 Å². The summed E-state index contributed by atoms with van der Waals surface area (Å²) in [5.74, 6) is 1.28. The number of rotatable bonds is 4. The number of aliphatic hydroxyl groups excluding tert-OH is 1. The number of aliphatic hydroxyl groups is 2. The van der Waals surface area contributed by atoms with Gasteiger partial charge in [0.1, 0.15) is 5.75 Å². The topological polar surface area (TPSA) is 82.0 Å². The highest BCUT2D eigenvalue weighted by atomic mass is 16.5. The number of hydrogen-bond acceptors (Lipinski definition) is 4. The van der Waals surface area contributed by atoms with Crippen molar-refractivity contribution in [2.24, 2.45) is 0 Å². The molecule has 144 valence electrons. The number of amides is 2. The quantitative estimate of drug-likeness (QED) is 0.769. The minimum Gasteiger partial charge on any atom is -0.455 e. The van der Waals surface area contributed by atoms with Gasteiger partial charge in [-0.15, -0.1) is 0 Å². The van der Waals surface area contributed by atoms with Crippen LogP contribution in [0.2, 0.25) is 0 Å². The summed E-state index contributed by atoms with van der Waals surface area (Å²) in [6.45, 7) is 2.64. The lowest BCUT2D eigenvalue weighted by molar-refractivity contribution is -0.0247. The molecular formula is C21H26N2O4. The Bertz CT molecular complexity index is 795. The molecule has 0 bridgehead atoms. The number of carbonyl (C=O) groups is 1. The summed E-state index contributed by atoms with van der Waals surface area (Å²) >= 11 is 0. The second-order valence-corrected chi connectivity index (χ2v) is 7.07. The molecule has 0 aromatic heterocycles. The molecule has 0 saturated carbocycles. The van der Waals surface area contributed by atoms with Crippen molar-refractivity contribution in [1.29, 1.82) is 0 Å². The summed E-state index contributed by atoms with van der Waals surface area (Å²) in [6.07, 6.45) is 1.49. The normalized spacial score (nSPS) is 20.0. The highest BCUT2D eigenvalue weighted by molar-refractivity contribution is 5.91. The molecule has 0 aliphatic carbocycles. The molecule has 3 rings (SSSR count). The molecule has 2 aromatic rings. The number of carbonyl (C=O) groups excluding carboxylic acids is 1. The zero-order valence-corrected chi connectivity index (χ0v) is 15.5. The van der Waals surface area contributed by atoms with Gasteiger partial charge in [-0.2, -0.15) is 0 Å². The van der Waals surface area contributed by atoms with Crippen LogP contribution in [0, 0.1) is 6.92 Å². The third-order valence-corrected chi connectivity index (χ3v) is 4.84. The van der Waals surface area contributed by atoms with Crippen molar-refractivity contribution in [3.05, 3.63) is 54.1 Å². The average molecular weight is 370 g/mol.